The predicted octanol–water partition coefficient (Wildman–Crippen LogP) is 1.34. The second-order valence-corrected chi connectivity index (χ2v) is 10.7. The van der Waals surface area contributed by atoms with E-state index in [0.717, 1.165) is 32.1 Å². The van der Waals surface area contributed by atoms with Gasteiger partial charge in [0.25, 0.3) is 0 Å². The summed E-state index contributed by atoms with van der Waals surface area (Å²) in [7, 11) is -6.91. The van der Waals surface area contributed by atoms with Crippen LogP contribution in [0.2, 0.25) is 0 Å². The smallest absolute Gasteiger partial charge is 0.214 e. The summed E-state index contributed by atoms with van der Waals surface area (Å²) < 4.78 is 49.1. The third-order valence-electron chi connectivity index (χ3n) is 3.84. The molecule has 7 nitrogen and oxygen atoms in total. The molecule has 1 atom stereocenters. The first-order valence-electron chi connectivity index (χ1n) is 7.96. The van der Waals surface area contributed by atoms with Gasteiger partial charge in [-0.15, -0.1) is 0 Å². The Kier molecular flexibility index (Phi) is 9.83. The maximum absolute atomic E-state index is 11.3. The largest absolute Gasteiger partial charge is 0.381 e. The Morgan fingerprint density at radius 1 is 0.957 bits per heavy atom. The number of primary sulfonamides is 2. The minimum absolute atomic E-state index is 0.0215. The molecule has 0 aromatic rings. The molecule has 9 heteroatoms. The van der Waals surface area contributed by atoms with E-state index in [2.05, 4.69) is 0 Å². The number of hydrogen-bond acceptors (Lipinski definition) is 5. The van der Waals surface area contributed by atoms with E-state index in [0.29, 0.717) is 19.6 Å². The average Bonchev–Trinajstić information content (AvgIpc) is 2.33. The highest BCUT2D eigenvalue weighted by Crippen LogP contribution is 2.20. The second-order valence-electron chi connectivity index (χ2n) is 6.80. The van der Waals surface area contributed by atoms with Crippen molar-refractivity contribution in [3.05, 3.63) is 0 Å². The topological polar surface area (TPSA) is 130 Å². The summed E-state index contributed by atoms with van der Waals surface area (Å²) in [5.74, 6) is 0.0821. The van der Waals surface area contributed by atoms with Gasteiger partial charge in [0, 0.05) is 13.2 Å². The Bertz CT molecular complexity index is 529. The molecule has 0 aromatic carbocycles. The van der Waals surface area contributed by atoms with E-state index in [9.17, 15) is 16.8 Å². The molecule has 0 heterocycles. The Balaban J connectivity index is 3.58. The number of ether oxygens (including phenoxy) is 1. The fraction of sp³-hybridized carbons (Fsp3) is 1.00. The molecule has 0 bridgehead atoms. The minimum Gasteiger partial charge on any atom is -0.381 e. The lowest BCUT2D eigenvalue weighted by Crippen LogP contribution is -2.37. The van der Waals surface area contributed by atoms with Crippen LogP contribution in [0.25, 0.3) is 0 Å². The molecule has 4 N–H and O–H groups in total. The van der Waals surface area contributed by atoms with E-state index in [1.54, 1.807) is 13.8 Å². The maximum atomic E-state index is 11.3. The molecule has 0 saturated heterocycles. The van der Waals surface area contributed by atoms with Crippen LogP contribution in [0.15, 0.2) is 0 Å². The van der Waals surface area contributed by atoms with Crippen LogP contribution in [0.3, 0.4) is 0 Å². The van der Waals surface area contributed by atoms with Crippen LogP contribution in [0, 0.1) is 5.92 Å². The monoisotopic (exact) mass is 372 g/mol. The Morgan fingerprint density at radius 2 is 1.48 bits per heavy atom. The number of rotatable bonds is 13. The molecule has 0 spiro atoms. The van der Waals surface area contributed by atoms with Gasteiger partial charge in [-0.1, -0.05) is 13.3 Å². The molecule has 0 aliphatic rings. The lowest BCUT2D eigenvalue weighted by atomic mass is 10.1. The lowest BCUT2D eigenvalue weighted by Gasteiger charge is -2.21. The van der Waals surface area contributed by atoms with E-state index in [-0.39, 0.29) is 11.7 Å². The molecule has 0 saturated carbocycles. The second kappa shape index (κ2) is 9.93. The minimum atomic E-state index is -3.52. The third kappa shape index (κ3) is 11.9. The Labute approximate surface area is 141 Å². The van der Waals surface area contributed by atoms with Gasteiger partial charge in [-0.05, 0) is 51.9 Å². The fourth-order valence-corrected chi connectivity index (χ4v) is 3.56. The average molecular weight is 373 g/mol. The first-order chi connectivity index (χ1) is 10.4. The summed E-state index contributed by atoms with van der Waals surface area (Å²) in [6.07, 6.45) is 4.63. The van der Waals surface area contributed by atoms with Crippen LogP contribution in [0.5, 0.6) is 0 Å². The summed E-state index contributed by atoms with van der Waals surface area (Å²) in [5.41, 5.74) is 0. The standard InChI is InChI=1S/C14H32N2O5S2/c1-13(12-22(15,17)18)8-4-6-10-21-11-7-5-9-14(2,3)23(16,19)20/h13H,4-12H2,1-3H3,(H2,15,17,18)(H2,16,19,20). The molecule has 0 aliphatic heterocycles. The highest BCUT2D eigenvalue weighted by atomic mass is 32.2. The van der Waals surface area contributed by atoms with Crippen molar-refractivity contribution in [3.63, 3.8) is 0 Å². The van der Waals surface area contributed by atoms with Gasteiger partial charge in [0.15, 0.2) is 0 Å². The van der Waals surface area contributed by atoms with Gasteiger partial charge >= 0.3 is 0 Å². The number of unbranched alkanes of at least 4 members (excludes halogenated alkanes) is 2. The number of sulfonamides is 2. The van der Waals surface area contributed by atoms with Gasteiger partial charge < -0.3 is 4.74 Å². The van der Waals surface area contributed by atoms with Crippen molar-refractivity contribution in [1.82, 2.24) is 0 Å². The molecular weight excluding hydrogens is 340 g/mol. The van der Waals surface area contributed by atoms with Gasteiger partial charge in [0.2, 0.25) is 20.0 Å². The van der Waals surface area contributed by atoms with E-state index < -0.39 is 24.8 Å². The summed E-state index contributed by atoms with van der Waals surface area (Å²) in [4.78, 5) is 0. The van der Waals surface area contributed by atoms with E-state index in [1.807, 2.05) is 6.92 Å². The molecule has 0 rings (SSSR count). The molecule has 0 aromatic heterocycles. The zero-order chi connectivity index (χ0) is 18.1. The van der Waals surface area contributed by atoms with Crippen LogP contribution < -0.4 is 10.3 Å². The van der Waals surface area contributed by atoms with Crippen molar-refractivity contribution in [2.24, 2.45) is 16.2 Å². The Morgan fingerprint density at radius 3 is 1.96 bits per heavy atom. The molecule has 0 aliphatic carbocycles. The molecule has 0 amide bonds. The Hall–Kier alpha value is -0.220. The molecule has 23 heavy (non-hydrogen) atoms. The predicted molar refractivity (Wildman–Crippen MR) is 92.8 cm³/mol. The van der Waals surface area contributed by atoms with E-state index >= 15 is 0 Å². The van der Waals surface area contributed by atoms with Crippen LogP contribution in [-0.2, 0) is 24.8 Å². The third-order valence-corrected chi connectivity index (χ3v) is 6.62. The first kappa shape index (κ1) is 22.8. The molecular formula is C14H32N2O5S2. The first-order valence-corrected chi connectivity index (χ1v) is 11.2. The van der Waals surface area contributed by atoms with E-state index in [1.165, 1.54) is 0 Å². The van der Waals surface area contributed by atoms with Crippen molar-refractivity contribution in [1.29, 1.82) is 0 Å². The van der Waals surface area contributed by atoms with Gasteiger partial charge in [-0.3, -0.25) is 0 Å². The molecule has 0 radical (unpaired) electrons. The van der Waals surface area contributed by atoms with Gasteiger partial charge in [-0.25, -0.2) is 27.1 Å². The summed E-state index contributed by atoms with van der Waals surface area (Å²) in [6.45, 7) is 6.35. The highest BCUT2D eigenvalue weighted by Gasteiger charge is 2.29. The molecule has 1 unspecified atom stereocenters. The maximum Gasteiger partial charge on any atom is 0.214 e. The van der Waals surface area contributed by atoms with Crippen LogP contribution in [-0.4, -0.2) is 40.5 Å². The van der Waals surface area contributed by atoms with Gasteiger partial charge in [-0.2, -0.15) is 0 Å². The van der Waals surface area contributed by atoms with Crippen molar-refractivity contribution in [2.75, 3.05) is 19.0 Å². The van der Waals surface area contributed by atoms with Crippen molar-refractivity contribution in [3.8, 4) is 0 Å². The van der Waals surface area contributed by atoms with Crippen LogP contribution in [0.4, 0.5) is 0 Å². The van der Waals surface area contributed by atoms with Crippen molar-refractivity contribution >= 4 is 20.0 Å². The summed E-state index contributed by atoms with van der Waals surface area (Å²) in [6, 6.07) is 0. The highest BCUT2D eigenvalue weighted by molar-refractivity contribution is 7.90. The van der Waals surface area contributed by atoms with Gasteiger partial charge in [0.1, 0.15) is 0 Å². The van der Waals surface area contributed by atoms with Crippen LogP contribution in [0.1, 0.15) is 59.3 Å². The summed E-state index contributed by atoms with van der Waals surface area (Å²) >= 11 is 0. The molecule has 0 fully saturated rings. The van der Waals surface area contributed by atoms with Crippen molar-refractivity contribution in [2.45, 2.75) is 64.0 Å². The number of nitrogens with two attached hydrogens (primary N) is 2. The molecule has 140 valence electrons. The SMILES string of the molecule is CC(CCCCOCCCCC(C)(C)S(N)(=O)=O)CS(N)(=O)=O. The zero-order valence-corrected chi connectivity index (χ0v) is 16.1. The van der Waals surface area contributed by atoms with E-state index in [4.69, 9.17) is 15.0 Å². The normalized spacial score (nSPS) is 14.8. The fourth-order valence-electron chi connectivity index (χ4n) is 2.18. The summed E-state index contributed by atoms with van der Waals surface area (Å²) in [5, 5.41) is 10.2. The number of hydrogen-bond donors (Lipinski definition) is 2. The lowest BCUT2D eigenvalue weighted by molar-refractivity contribution is 0.125. The van der Waals surface area contributed by atoms with Gasteiger partial charge in [0.05, 0.1) is 10.5 Å². The van der Waals surface area contributed by atoms with Crippen molar-refractivity contribution < 1.29 is 21.6 Å². The van der Waals surface area contributed by atoms with Crippen LogP contribution >= 0.6 is 0 Å². The zero-order valence-electron chi connectivity index (χ0n) is 14.5. The quantitative estimate of drug-likeness (QED) is 0.471.